The van der Waals surface area contributed by atoms with Crippen LogP contribution in [0.15, 0.2) is 103 Å². The van der Waals surface area contributed by atoms with Crippen molar-refractivity contribution in [2.24, 2.45) is 0 Å². The number of amides is 2. The molecule has 1 aliphatic rings. The number of likely N-dealkylation sites (N-methyl/N-ethyl adjacent to an activating group) is 1. The molecule has 0 bridgehead atoms. The van der Waals surface area contributed by atoms with Gasteiger partial charge in [-0.2, -0.15) is 0 Å². The third-order valence-electron chi connectivity index (χ3n) is 9.74. The maximum atomic E-state index is 12.4. The van der Waals surface area contributed by atoms with Gasteiger partial charge in [-0.05, 0) is 72.3 Å². The summed E-state index contributed by atoms with van der Waals surface area (Å²) in [6, 6.07) is 33.6. The van der Waals surface area contributed by atoms with Crippen LogP contribution in [0, 0.1) is 0 Å². The van der Waals surface area contributed by atoms with Crippen LogP contribution in [-0.2, 0) is 32.2 Å². The molecule has 52 heavy (non-hydrogen) atoms. The molecule has 1 aliphatic heterocycles. The van der Waals surface area contributed by atoms with Crippen molar-refractivity contribution in [3.63, 3.8) is 0 Å². The number of hydroxylamine groups is 1. The highest BCUT2D eigenvalue weighted by molar-refractivity contribution is 5.76. The minimum absolute atomic E-state index is 0.0258. The molecule has 1 saturated heterocycles. The molecule has 0 aromatic heterocycles. The molecule has 4 aromatic carbocycles. The van der Waals surface area contributed by atoms with Crippen LogP contribution in [0.1, 0.15) is 91.8 Å². The van der Waals surface area contributed by atoms with Gasteiger partial charge in [-0.25, -0.2) is 5.48 Å². The predicted octanol–water partition coefficient (Wildman–Crippen LogP) is 6.52. The summed E-state index contributed by atoms with van der Waals surface area (Å²) in [5.41, 5.74) is 8.20. The molecule has 10 heteroatoms. The van der Waals surface area contributed by atoms with Crippen molar-refractivity contribution in [3.05, 3.63) is 131 Å². The first-order chi connectivity index (χ1) is 25.2. The predicted molar refractivity (Wildman–Crippen MR) is 199 cm³/mol. The number of nitrogens with one attached hydrogen (secondary N) is 2. The van der Waals surface area contributed by atoms with Gasteiger partial charge in [0, 0.05) is 44.0 Å². The first-order valence-electron chi connectivity index (χ1n) is 18.1. The summed E-state index contributed by atoms with van der Waals surface area (Å²) in [7, 11) is 2.01. The fraction of sp³-hybridized carbons (Fsp3) is 0.381. The molecule has 276 valence electrons. The highest BCUT2D eigenvalue weighted by atomic mass is 16.7. The molecule has 1 fully saturated rings. The van der Waals surface area contributed by atoms with E-state index < -0.39 is 18.3 Å². The largest absolute Gasteiger partial charge is 0.392 e. The summed E-state index contributed by atoms with van der Waals surface area (Å²) in [6.07, 6.45) is 1.54. The molecule has 0 radical (unpaired) electrons. The third-order valence-corrected chi connectivity index (χ3v) is 9.74. The second kappa shape index (κ2) is 19.4. The Hall–Kier alpha value is -4.42. The van der Waals surface area contributed by atoms with E-state index in [1.807, 2.05) is 105 Å². The van der Waals surface area contributed by atoms with Gasteiger partial charge < -0.3 is 25.0 Å². The lowest BCUT2D eigenvalue weighted by atomic mass is 9.97. The number of nitrogens with zero attached hydrogens (tertiary/aromatic N) is 1. The number of unbranched alkanes of at least 4 members (excludes halogenated alkanes) is 2. The van der Waals surface area contributed by atoms with E-state index in [1.54, 1.807) is 5.48 Å². The van der Waals surface area contributed by atoms with Crippen molar-refractivity contribution in [1.82, 2.24) is 15.7 Å². The molecule has 1 heterocycles. The topological polar surface area (TPSA) is 141 Å². The van der Waals surface area contributed by atoms with E-state index in [2.05, 4.69) is 22.3 Å². The van der Waals surface area contributed by atoms with Gasteiger partial charge in [0.25, 0.3) is 0 Å². The number of aliphatic hydroxyl groups is 2. The van der Waals surface area contributed by atoms with Crippen molar-refractivity contribution in [2.45, 2.75) is 89.2 Å². The van der Waals surface area contributed by atoms with E-state index in [0.717, 1.165) is 45.4 Å². The average Bonchev–Trinajstić information content (AvgIpc) is 3.19. The van der Waals surface area contributed by atoms with Crippen LogP contribution >= 0.6 is 0 Å². The standard InChI is InChI=1S/C42H51N3O7/c1-29(41(49)33-12-5-3-6-13-33)45(2)27-37-25-38(32-21-19-30(28-46)20-22-32)52-42(51-37)36-16-10-15-35(24-36)34-14-9-11-31(23-34)26-43-39(47)17-7-4-8-18-40(48)44-50/h3,5-6,9-16,19-24,29,37-38,41-42,46,49-50H,4,7-8,17-18,25-28H2,1-2H3,(H,43,47)(H,44,48)/t29-,37+,38-,41-,42-/m1/s1. The number of aliphatic hydroxyl groups excluding tert-OH is 2. The van der Waals surface area contributed by atoms with Gasteiger partial charge in [0.1, 0.15) is 0 Å². The molecule has 5 N–H and O–H groups in total. The lowest BCUT2D eigenvalue weighted by Gasteiger charge is -2.39. The number of rotatable bonds is 17. The lowest BCUT2D eigenvalue weighted by molar-refractivity contribution is -0.253. The third kappa shape index (κ3) is 11.0. The van der Waals surface area contributed by atoms with Gasteiger partial charge >= 0.3 is 0 Å². The summed E-state index contributed by atoms with van der Waals surface area (Å²) in [5, 5.41) is 32.3. The minimum Gasteiger partial charge on any atom is -0.392 e. The van der Waals surface area contributed by atoms with Crippen LogP contribution in [0.5, 0.6) is 0 Å². The molecule has 0 aliphatic carbocycles. The molecule has 0 spiro atoms. The molecular weight excluding hydrogens is 658 g/mol. The van der Waals surface area contributed by atoms with Gasteiger partial charge in [-0.3, -0.25) is 19.7 Å². The first kappa shape index (κ1) is 38.8. The monoisotopic (exact) mass is 709 g/mol. The van der Waals surface area contributed by atoms with Crippen LogP contribution in [0.25, 0.3) is 11.1 Å². The second-order valence-corrected chi connectivity index (χ2v) is 13.6. The van der Waals surface area contributed by atoms with E-state index in [4.69, 9.17) is 14.7 Å². The van der Waals surface area contributed by atoms with Crippen LogP contribution < -0.4 is 10.8 Å². The van der Waals surface area contributed by atoms with E-state index in [-0.39, 0.29) is 37.2 Å². The zero-order valence-corrected chi connectivity index (χ0v) is 30.0. The lowest BCUT2D eigenvalue weighted by Crippen LogP contribution is -2.43. The molecule has 10 nitrogen and oxygen atoms in total. The SMILES string of the molecule is C[C@H]([C@@H](O)c1ccccc1)N(C)C[C@@H]1C[C@H](c2ccc(CO)cc2)O[C@H](c2cccc(-c3cccc(CNC(=O)CCCCCC(=O)NO)c3)c2)O1. The summed E-state index contributed by atoms with van der Waals surface area (Å²) >= 11 is 0. The Bertz CT molecular complexity index is 1720. The quantitative estimate of drug-likeness (QED) is 0.0475. The van der Waals surface area contributed by atoms with Crippen LogP contribution in [0.4, 0.5) is 0 Å². The molecule has 5 rings (SSSR count). The van der Waals surface area contributed by atoms with Crippen molar-refractivity contribution >= 4 is 11.8 Å². The zero-order valence-electron chi connectivity index (χ0n) is 30.0. The highest BCUT2D eigenvalue weighted by Gasteiger charge is 2.34. The molecule has 4 aromatic rings. The van der Waals surface area contributed by atoms with Crippen molar-refractivity contribution in [3.8, 4) is 11.1 Å². The molecule has 0 unspecified atom stereocenters. The second-order valence-electron chi connectivity index (χ2n) is 13.6. The maximum absolute atomic E-state index is 12.4. The van der Waals surface area contributed by atoms with Crippen molar-refractivity contribution < 1.29 is 34.5 Å². The van der Waals surface area contributed by atoms with Gasteiger partial charge in [0.2, 0.25) is 11.8 Å². The summed E-state index contributed by atoms with van der Waals surface area (Å²) in [5.74, 6) is -0.461. The van der Waals surface area contributed by atoms with Gasteiger partial charge in [0.05, 0.1) is 24.9 Å². The summed E-state index contributed by atoms with van der Waals surface area (Å²) in [6.45, 7) is 2.98. The Morgan fingerprint density at radius 2 is 1.50 bits per heavy atom. The Labute approximate surface area is 306 Å². The van der Waals surface area contributed by atoms with Crippen LogP contribution in [0.2, 0.25) is 0 Å². The number of carbonyl (C=O) groups is 2. The van der Waals surface area contributed by atoms with E-state index in [1.165, 1.54) is 0 Å². The maximum Gasteiger partial charge on any atom is 0.243 e. The summed E-state index contributed by atoms with van der Waals surface area (Å²) in [4.78, 5) is 25.7. The molecule has 0 saturated carbocycles. The number of carbonyl (C=O) groups excluding carboxylic acids is 2. The highest BCUT2D eigenvalue weighted by Crippen LogP contribution is 2.39. The zero-order chi connectivity index (χ0) is 36.9. The van der Waals surface area contributed by atoms with E-state index >= 15 is 0 Å². The Morgan fingerprint density at radius 1 is 0.808 bits per heavy atom. The minimum atomic E-state index is -0.650. The fourth-order valence-corrected chi connectivity index (χ4v) is 6.51. The number of benzene rings is 4. The Morgan fingerprint density at radius 3 is 2.21 bits per heavy atom. The van der Waals surface area contributed by atoms with Gasteiger partial charge in [-0.1, -0.05) is 97.4 Å². The number of hydrogen-bond acceptors (Lipinski definition) is 8. The first-order valence-corrected chi connectivity index (χ1v) is 18.1. The number of ether oxygens (including phenoxy) is 2. The average molecular weight is 710 g/mol. The molecule has 2 amide bonds. The Balaban J connectivity index is 1.26. The van der Waals surface area contributed by atoms with E-state index in [0.29, 0.717) is 38.8 Å². The van der Waals surface area contributed by atoms with Crippen molar-refractivity contribution in [2.75, 3.05) is 13.6 Å². The smallest absolute Gasteiger partial charge is 0.243 e. The fourth-order valence-electron chi connectivity index (χ4n) is 6.51. The van der Waals surface area contributed by atoms with E-state index in [9.17, 15) is 19.8 Å². The summed E-state index contributed by atoms with van der Waals surface area (Å²) < 4.78 is 13.3. The Kier molecular flexibility index (Phi) is 14.5. The van der Waals surface area contributed by atoms with Gasteiger partial charge in [-0.15, -0.1) is 0 Å². The van der Waals surface area contributed by atoms with Crippen molar-refractivity contribution in [1.29, 1.82) is 0 Å². The van der Waals surface area contributed by atoms with Crippen LogP contribution in [0.3, 0.4) is 0 Å². The molecular formula is C42H51N3O7. The normalized spacial score (nSPS) is 18.5. The van der Waals surface area contributed by atoms with Gasteiger partial charge in [0.15, 0.2) is 6.29 Å². The van der Waals surface area contributed by atoms with Crippen LogP contribution in [-0.4, -0.2) is 57.9 Å². The molecule has 5 atom stereocenters. The number of hydrogen-bond donors (Lipinski definition) is 5.